The van der Waals surface area contributed by atoms with Crippen molar-refractivity contribution in [2.75, 3.05) is 5.32 Å². The lowest BCUT2D eigenvalue weighted by Crippen LogP contribution is -2.22. The average molecular weight is 346 g/mol. The largest absolute Gasteiger partial charge is 0.333 e. The molecule has 1 aromatic heterocycles. The van der Waals surface area contributed by atoms with Crippen molar-refractivity contribution in [3.63, 3.8) is 0 Å². The first-order chi connectivity index (χ1) is 11.0. The molecule has 0 radical (unpaired) electrons. The van der Waals surface area contributed by atoms with Gasteiger partial charge in [0.25, 0.3) is 0 Å². The van der Waals surface area contributed by atoms with E-state index in [4.69, 9.17) is 11.6 Å². The molecule has 0 fully saturated rings. The lowest BCUT2D eigenvalue weighted by Gasteiger charge is -2.12. The number of hydrogen-bond donors (Lipinski definition) is 2. The quantitative estimate of drug-likeness (QED) is 0.677. The number of aryl methyl sites for hydroxylation is 1. The molecule has 3 aromatic rings. The molecule has 1 atom stereocenters. The monoisotopic (exact) mass is 345 g/mol. The number of benzene rings is 2. The number of carbonyl (C=O) groups excluding carboxylic acids is 1. The summed E-state index contributed by atoms with van der Waals surface area (Å²) in [6, 6.07) is 13.2. The second kappa shape index (κ2) is 6.64. The summed E-state index contributed by atoms with van der Waals surface area (Å²) >= 11 is 7.36. The Balaban J connectivity index is 1.71. The SMILES string of the molecule is Cc1ccccc1NC(=O)C(C)Sc1nc2ccc(Cl)cc2[nH]1. The minimum absolute atomic E-state index is 0.0530. The number of fused-ring (bicyclic) bond motifs is 1. The van der Waals surface area contributed by atoms with E-state index in [9.17, 15) is 4.79 Å². The zero-order chi connectivity index (χ0) is 16.4. The van der Waals surface area contributed by atoms with Crippen LogP contribution in [-0.2, 0) is 4.79 Å². The predicted molar refractivity (Wildman–Crippen MR) is 96.2 cm³/mol. The molecule has 23 heavy (non-hydrogen) atoms. The number of halogens is 1. The highest BCUT2D eigenvalue weighted by molar-refractivity contribution is 8.00. The van der Waals surface area contributed by atoms with Crippen molar-refractivity contribution >= 4 is 46.0 Å². The topological polar surface area (TPSA) is 57.8 Å². The number of hydrogen-bond acceptors (Lipinski definition) is 3. The number of H-pyrrole nitrogens is 1. The Morgan fingerprint density at radius 1 is 1.30 bits per heavy atom. The number of aromatic nitrogens is 2. The highest BCUT2D eigenvalue weighted by Crippen LogP contribution is 2.26. The molecular weight excluding hydrogens is 330 g/mol. The summed E-state index contributed by atoms with van der Waals surface area (Å²) in [6.07, 6.45) is 0. The van der Waals surface area contributed by atoms with Crippen LogP contribution in [0.15, 0.2) is 47.6 Å². The van der Waals surface area contributed by atoms with Crippen molar-refractivity contribution in [3.05, 3.63) is 53.1 Å². The Labute approximate surface area is 143 Å². The van der Waals surface area contributed by atoms with Gasteiger partial charge in [-0.25, -0.2) is 4.98 Å². The van der Waals surface area contributed by atoms with Gasteiger partial charge < -0.3 is 10.3 Å². The van der Waals surface area contributed by atoms with E-state index in [1.54, 1.807) is 6.07 Å². The van der Waals surface area contributed by atoms with E-state index in [-0.39, 0.29) is 11.2 Å². The van der Waals surface area contributed by atoms with Gasteiger partial charge in [0, 0.05) is 10.7 Å². The molecule has 0 aliphatic heterocycles. The van der Waals surface area contributed by atoms with E-state index in [0.717, 1.165) is 22.3 Å². The maximum Gasteiger partial charge on any atom is 0.237 e. The van der Waals surface area contributed by atoms with Crippen LogP contribution in [0.4, 0.5) is 5.69 Å². The third-order valence-corrected chi connectivity index (χ3v) is 4.70. The number of anilines is 1. The van der Waals surface area contributed by atoms with Crippen molar-refractivity contribution < 1.29 is 4.79 Å². The lowest BCUT2D eigenvalue weighted by atomic mass is 10.2. The van der Waals surface area contributed by atoms with Crippen LogP contribution in [0.3, 0.4) is 0 Å². The van der Waals surface area contributed by atoms with E-state index >= 15 is 0 Å². The maximum atomic E-state index is 12.3. The number of rotatable bonds is 4. The summed E-state index contributed by atoms with van der Waals surface area (Å²) in [5.41, 5.74) is 3.58. The van der Waals surface area contributed by atoms with Crippen molar-refractivity contribution in [1.29, 1.82) is 0 Å². The van der Waals surface area contributed by atoms with Crippen LogP contribution < -0.4 is 5.32 Å². The normalized spacial score (nSPS) is 12.3. The minimum Gasteiger partial charge on any atom is -0.333 e. The zero-order valence-corrected chi connectivity index (χ0v) is 14.3. The molecule has 2 N–H and O–H groups in total. The number of carbonyl (C=O) groups is 1. The first-order valence-corrected chi connectivity index (χ1v) is 8.47. The molecule has 118 valence electrons. The van der Waals surface area contributed by atoms with Crippen molar-refractivity contribution in [1.82, 2.24) is 9.97 Å². The lowest BCUT2D eigenvalue weighted by molar-refractivity contribution is -0.115. The Morgan fingerprint density at radius 2 is 2.09 bits per heavy atom. The van der Waals surface area contributed by atoms with Crippen LogP contribution in [0.25, 0.3) is 11.0 Å². The number of imidazole rings is 1. The number of aromatic amines is 1. The molecule has 2 aromatic carbocycles. The second-order valence-corrected chi connectivity index (χ2v) is 7.03. The molecule has 0 aliphatic rings. The summed E-state index contributed by atoms with van der Waals surface area (Å²) in [7, 11) is 0. The molecule has 3 rings (SSSR count). The van der Waals surface area contributed by atoms with Crippen LogP contribution in [0.2, 0.25) is 5.02 Å². The summed E-state index contributed by atoms with van der Waals surface area (Å²) in [6.45, 7) is 3.83. The van der Waals surface area contributed by atoms with Gasteiger partial charge in [0.15, 0.2) is 5.16 Å². The number of para-hydroxylation sites is 1. The molecule has 0 bridgehead atoms. The first kappa shape index (κ1) is 15.9. The molecule has 0 aliphatic carbocycles. The first-order valence-electron chi connectivity index (χ1n) is 7.21. The minimum atomic E-state index is -0.273. The maximum absolute atomic E-state index is 12.3. The van der Waals surface area contributed by atoms with Crippen LogP contribution in [0.1, 0.15) is 12.5 Å². The molecule has 0 saturated carbocycles. The number of amides is 1. The fourth-order valence-electron chi connectivity index (χ4n) is 2.18. The second-order valence-electron chi connectivity index (χ2n) is 5.27. The van der Waals surface area contributed by atoms with E-state index in [1.807, 2.05) is 50.2 Å². The van der Waals surface area contributed by atoms with Gasteiger partial charge in [0.05, 0.1) is 16.3 Å². The standard InChI is InChI=1S/C17H16ClN3OS/c1-10-5-3-4-6-13(10)19-16(22)11(2)23-17-20-14-8-7-12(18)9-15(14)21-17/h3-9,11H,1-2H3,(H,19,22)(H,20,21). The van der Waals surface area contributed by atoms with Gasteiger partial charge >= 0.3 is 0 Å². The molecule has 6 heteroatoms. The Morgan fingerprint density at radius 3 is 2.87 bits per heavy atom. The van der Waals surface area contributed by atoms with Gasteiger partial charge in [0.1, 0.15) is 0 Å². The third kappa shape index (κ3) is 3.68. The van der Waals surface area contributed by atoms with Gasteiger partial charge in [-0.15, -0.1) is 0 Å². The number of nitrogens with one attached hydrogen (secondary N) is 2. The zero-order valence-electron chi connectivity index (χ0n) is 12.8. The molecular formula is C17H16ClN3OS. The number of nitrogens with zero attached hydrogens (tertiary/aromatic N) is 1. The van der Waals surface area contributed by atoms with Gasteiger partial charge in [-0.05, 0) is 43.7 Å². The third-order valence-electron chi connectivity index (χ3n) is 3.48. The van der Waals surface area contributed by atoms with Crippen LogP contribution in [0, 0.1) is 6.92 Å². The molecule has 1 unspecified atom stereocenters. The van der Waals surface area contributed by atoms with E-state index in [1.165, 1.54) is 11.8 Å². The highest BCUT2D eigenvalue weighted by Gasteiger charge is 2.17. The fourth-order valence-corrected chi connectivity index (χ4v) is 3.18. The number of thioether (sulfide) groups is 1. The van der Waals surface area contributed by atoms with E-state index < -0.39 is 0 Å². The Hall–Kier alpha value is -1.98. The van der Waals surface area contributed by atoms with Crippen molar-refractivity contribution in [3.8, 4) is 0 Å². The summed E-state index contributed by atoms with van der Waals surface area (Å²) in [5.74, 6) is -0.0530. The Bertz CT molecular complexity index is 862. The van der Waals surface area contributed by atoms with Gasteiger partial charge in [-0.2, -0.15) is 0 Å². The summed E-state index contributed by atoms with van der Waals surface area (Å²) in [5, 5.41) is 4.04. The van der Waals surface area contributed by atoms with Gasteiger partial charge in [-0.1, -0.05) is 41.6 Å². The summed E-state index contributed by atoms with van der Waals surface area (Å²) in [4.78, 5) is 20.0. The van der Waals surface area contributed by atoms with Gasteiger partial charge in [-0.3, -0.25) is 4.79 Å². The molecule has 1 amide bonds. The van der Waals surface area contributed by atoms with Crippen LogP contribution in [0.5, 0.6) is 0 Å². The van der Waals surface area contributed by atoms with E-state index in [0.29, 0.717) is 10.2 Å². The summed E-state index contributed by atoms with van der Waals surface area (Å²) < 4.78 is 0. The molecule has 1 heterocycles. The van der Waals surface area contributed by atoms with E-state index in [2.05, 4.69) is 15.3 Å². The molecule has 0 saturated heterocycles. The van der Waals surface area contributed by atoms with Gasteiger partial charge in [0.2, 0.25) is 5.91 Å². The fraction of sp³-hybridized carbons (Fsp3) is 0.176. The van der Waals surface area contributed by atoms with Crippen molar-refractivity contribution in [2.45, 2.75) is 24.3 Å². The Kier molecular flexibility index (Phi) is 4.59. The molecule has 0 spiro atoms. The highest BCUT2D eigenvalue weighted by atomic mass is 35.5. The average Bonchev–Trinajstić information content (AvgIpc) is 2.90. The molecule has 4 nitrogen and oxygen atoms in total. The smallest absolute Gasteiger partial charge is 0.237 e. The van der Waals surface area contributed by atoms with Crippen molar-refractivity contribution in [2.24, 2.45) is 0 Å². The predicted octanol–water partition coefficient (Wildman–Crippen LogP) is 4.64. The van der Waals surface area contributed by atoms with Crippen LogP contribution >= 0.6 is 23.4 Å². The van der Waals surface area contributed by atoms with Crippen LogP contribution in [-0.4, -0.2) is 21.1 Å².